The smallest absolute Gasteiger partial charge is 0.309 e. The topological polar surface area (TPSA) is 55.8 Å². The van der Waals surface area contributed by atoms with Crippen LogP contribution in [0.5, 0.6) is 0 Å². The van der Waals surface area contributed by atoms with Crippen LogP contribution in [0.25, 0.3) is 0 Å². The molecule has 2 saturated heterocycles. The van der Waals surface area contributed by atoms with E-state index in [-0.39, 0.29) is 11.5 Å². The van der Waals surface area contributed by atoms with E-state index >= 15 is 0 Å². The SMILES string of the molecule is CCC1CCCC(C(=O)O)(C2CCOC3(CCOC3)C2)C1. The molecule has 2 heterocycles. The van der Waals surface area contributed by atoms with Crippen LogP contribution in [0.2, 0.25) is 0 Å². The summed E-state index contributed by atoms with van der Waals surface area (Å²) in [4.78, 5) is 12.2. The second-order valence-corrected chi connectivity index (χ2v) is 7.36. The maximum atomic E-state index is 12.2. The molecule has 0 aromatic heterocycles. The number of rotatable bonds is 3. The number of ether oxygens (including phenoxy) is 2. The van der Waals surface area contributed by atoms with Crippen molar-refractivity contribution < 1.29 is 19.4 Å². The molecule has 1 aliphatic carbocycles. The van der Waals surface area contributed by atoms with Crippen LogP contribution in [0.15, 0.2) is 0 Å². The Bertz CT molecular complexity index is 388. The third kappa shape index (κ3) is 2.72. The Hall–Kier alpha value is -0.610. The van der Waals surface area contributed by atoms with Gasteiger partial charge in [0.15, 0.2) is 0 Å². The first-order chi connectivity index (χ1) is 10.1. The average Bonchev–Trinajstić information content (AvgIpc) is 2.94. The molecule has 120 valence electrons. The summed E-state index contributed by atoms with van der Waals surface area (Å²) in [5, 5.41) is 10.0. The van der Waals surface area contributed by atoms with Crippen molar-refractivity contribution in [3.8, 4) is 0 Å². The summed E-state index contributed by atoms with van der Waals surface area (Å²) in [7, 11) is 0. The van der Waals surface area contributed by atoms with Crippen LogP contribution in [0.4, 0.5) is 0 Å². The minimum atomic E-state index is -0.568. The van der Waals surface area contributed by atoms with E-state index in [1.807, 2.05) is 0 Å². The Kier molecular flexibility index (Phi) is 4.28. The Morgan fingerprint density at radius 2 is 2.10 bits per heavy atom. The molecule has 4 heteroatoms. The number of hydrogen-bond acceptors (Lipinski definition) is 3. The van der Waals surface area contributed by atoms with Crippen LogP contribution in [0.1, 0.15) is 58.3 Å². The largest absolute Gasteiger partial charge is 0.481 e. The van der Waals surface area contributed by atoms with Gasteiger partial charge in [-0.25, -0.2) is 0 Å². The summed E-state index contributed by atoms with van der Waals surface area (Å²) in [6, 6.07) is 0. The van der Waals surface area contributed by atoms with Gasteiger partial charge in [0.2, 0.25) is 0 Å². The third-order valence-corrected chi connectivity index (χ3v) is 6.23. The molecule has 0 aromatic carbocycles. The molecule has 2 aliphatic heterocycles. The molecular weight excluding hydrogens is 268 g/mol. The van der Waals surface area contributed by atoms with E-state index in [4.69, 9.17) is 9.47 Å². The summed E-state index contributed by atoms with van der Waals surface area (Å²) in [6.07, 6.45) is 7.76. The zero-order valence-electron chi connectivity index (χ0n) is 13.1. The fraction of sp³-hybridized carbons (Fsp3) is 0.941. The molecule has 0 radical (unpaired) electrons. The first kappa shape index (κ1) is 15.3. The number of hydrogen-bond donors (Lipinski definition) is 1. The predicted molar refractivity (Wildman–Crippen MR) is 79.2 cm³/mol. The predicted octanol–water partition coefficient (Wildman–Crippen LogP) is 3.24. The van der Waals surface area contributed by atoms with Gasteiger partial charge in [0.05, 0.1) is 17.6 Å². The van der Waals surface area contributed by atoms with Crippen molar-refractivity contribution in [3.63, 3.8) is 0 Å². The normalized spacial score (nSPS) is 44.0. The lowest BCUT2D eigenvalue weighted by molar-refractivity contribution is -0.169. The second-order valence-electron chi connectivity index (χ2n) is 7.36. The molecule has 21 heavy (non-hydrogen) atoms. The fourth-order valence-electron chi connectivity index (χ4n) is 4.88. The standard InChI is InChI=1S/C17H28O4/c1-2-13-4-3-6-17(10-13,15(18)19)14-5-8-21-16(11-14)7-9-20-12-16/h13-14H,2-12H2,1H3,(H,18,19). The monoisotopic (exact) mass is 296 g/mol. The zero-order chi connectivity index (χ0) is 14.9. The second kappa shape index (κ2) is 5.88. The zero-order valence-corrected chi connectivity index (χ0v) is 13.1. The first-order valence-electron chi connectivity index (χ1n) is 8.55. The highest BCUT2D eigenvalue weighted by atomic mass is 16.6. The lowest BCUT2D eigenvalue weighted by Crippen LogP contribution is -2.50. The molecule has 4 unspecified atom stereocenters. The summed E-state index contributed by atoms with van der Waals surface area (Å²) < 4.78 is 11.5. The van der Waals surface area contributed by atoms with Crippen LogP contribution < -0.4 is 0 Å². The summed E-state index contributed by atoms with van der Waals surface area (Å²) in [5.41, 5.74) is -0.706. The van der Waals surface area contributed by atoms with Crippen molar-refractivity contribution in [1.29, 1.82) is 0 Å². The molecule has 1 N–H and O–H groups in total. The minimum absolute atomic E-state index is 0.190. The van der Waals surface area contributed by atoms with Gasteiger partial charge in [-0.1, -0.05) is 26.2 Å². The van der Waals surface area contributed by atoms with Gasteiger partial charge < -0.3 is 14.6 Å². The Balaban J connectivity index is 1.81. The van der Waals surface area contributed by atoms with E-state index in [1.165, 1.54) is 6.42 Å². The van der Waals surface area contributed by atoms with E-state index in [1.54, 1.807) is 0 Å². The van der Waals surface area contributed by atoms with Gasteiger partial charge in [-0.2, -0.15) is 0 Å². The van der Waals surface area contributed by atoms with Crippen molar-refractivity contribution in [2.45, 2.75) is 63.9 Å². The molecule has 0 amide bonds. The molecule has 0 aromatic rings. The van der Waals surface area contributed by atoms with Crippen molar-refractivity contribution in [2.75, 3.05) is 19.8 Å². The van der Waals surface area contributed by atoms with Crippen LogP contribution in [0, 0.1) is 17.3 Å². The maximum Gasteiger partial charge on any atom is 0.309 e. The van der Waals surface area contributed by atoms with Gasteiger partial charge in [-0.15, -0.1) is 0 Å². The summed E-state index contributed by atoms with van der Waals surface area (Å²) in [6.45, 7) is 4.29. The molecule has 4 atom stereocenters. The highest BCUT2D eigenvalue weighted by Gasteiger charge is 2.53. The van der Waals surface area contributed by atoms with Crippen LogP contribution in [-0.2, 0) is 14.3 Å². The lowest BCUT2D eigenvalue weighted by Gasteiger charge is -2.48. The van der Waals surface area contributed by atoms with Crippen LogP contribution >= 0.6 is 0 Å². The van der Waals surface area contributed by atoms with Crippen molar-refractivity contribution >= 4 is 5.97 Å². The molecule has 0 bridgehead atoms. The van der Waals surface area contributed by atoms with E-state index in [0.717, 1.165) is 51.6 Å². The molecule has 1 saturated carbocycles. The number of carboxylic acids is 1. The average molecular weight is 296 g/mol. The Morgan fingerprint density at radius 3 is 2.76 bits per heavy atom. The van der Waals surface area contributed by atoms with Gasteiger partial charge in [0.1, 0.15) is 0 Å². The summed E-state index contributed by atoms with van der Waals surface area (Å²) in [5.74, 6) is 0.259. The molecule has 3 fully saturated rings. The first-order valence-corrected chi connectivity index (χ1v) is 8.55. The van der Waals surface area contributed by atoms with Gasteiger partial charge in [-0.3, -0.25) is 4.79 Å². The van der Waals surface area contributed by atoms with E-state index in [0.29, 0.717) is 19.1 Å². The van der Waals surface area contributed by atoms with Crippen molar-refractivity contribution in [3.05, 3.63) is 0 Å². The molecule has 4 nitrogen and oxygen atoms in total. The quantitative estimate of drug-likeness (QED) is 0.868. The van der Waals surface area contributed by atoms with Gasteiger partial charge in [0.25, 0.3) is 0 Å². The van der Waals surface area contributed by atoms with Crippen LogP contribution in [0.3, 0.4) is 0 Å². The number of carbonyl (C=O) groups is 1. The van der Waals surface area contributed by atoms with E-state index in [9.17, 15) is 9.90 Å². The van der Waals surface area contributed by atoms with E-state index in [2.05, 4.69) is 6.92 Å². The van der Waals surface area contributed by atoms with Gasteiger partial charge in [0, 0.05) is 19.6 Å². The molecular formula is C17H28O4. The summed E-state index contributed by atoms with van der Waals surface area (Å²) >= 11 is 0. The third-order valence-electron chi connectivity index (χ3n) is 6.23. The Morgan fingerprint density at radius 1 is 1.24 bits per heavy atom. The van der Waals surface area contributed by atoms with Crippen molar-refractivity contribution in [1.82, 2.24) is 0 Å². The number of aliphatic carboxylic acids is 1. The fourth-order valence-corrected chi connectivity index (χ4v) is 4.88. The maximum absolute atomic E-state index is 12.2. The molecule has 3 rings (SSSR count). The molecule has 3 aliphatic rings. The minimum Gasteiger partial charge on any atom is -0.481 e. The number of carboxylic acid groups (broad SMARTS) is 1. The van der Waals surface area contributed by atoms with E-state index < -0.39 is 11.4 Å². The van der Waals surface area contributed by atoms with Crippen molar-refractivity contribution in [2.24, 2.45) is 17.3 Å². The molecule has 1 spiro atoms. The van der Waals surface area contributed by atoms with Gasteiger partial charge in [-0.05, 0) is 37.5 Å². The Labute approximate surface area is 127 Å². The highest BCUT2D eigenvalue weighted by Crippen LogP contribution is 2.52. The highest BCUT2D eigenvalue weighted by molar-refractivity contribution is 5.75. The van der Waals surface area contributed by atoms with Crippen LogP contribution in [-0.4, -0.2) is 36.5 Å². The van der Waals surface area contributed by atoms with Gasteiger partial charge >= 0.3 is 5.97 Å². The lowest BCUT2D eigenvalue weighted by atomic mass is 9.59.